The quantitative estimate of drug-likeness (QED) is 0.807. The summed E-state index contributed by atoms with van der Waals surface area (Å²) in [6, 6.07) is 0. The number of amides is 2. The van der Waals surface area contributed by atoms with Gasteiger partial charge in [0.1, 0.15) is 12.4 Å². The van der Waals surface area contributed by atoms with Gasteiger partial charge in [-0.1, -0.05) is 0 Å². The molecule has 3 aliphatic rings. The van der Waals surface area contributed by atoms with Crippen LogP contribution >= 0.6 is 11.8 Å². The molecule has 2 aliphatic heterocycles. The molecule has 24 heavy (non-hydrogen) atoms. The number of hydrogen-bond donors (Lipinski definition) is 2. The summed E-state index contributed by atoms with van der Waals surface area (Å²) in [4.78, 5) is 24.4. The summed E-state index contributed by atoms with van der Waals surface area (Å²) >= 11 is 1.79. The second kappa shape index (κ2) is 6.76. The van der Waals surface area contributed by atoms with Crippen LogP contribution in [0.4, 0.5) is 5.82 Å². The van der Waals surface area contributed by atoms with E-state index in [9.17, 15) is 9.59 Å². The molecule has 1 saturated heterocycles. The van der Waals surface area contributed by atoms with Crippen molar-refractivity contribution in [2.45, 2.75) is 49.8 Å². The summed E-state index contributed by atoms with van der Waals surface area (Å²) in [7, 11) is 0. The SMILES string of the molecule is O=C(Cn1nc2c(c1NC(=O)C1CC1)CSC2)NCC1CCCO1. The topological polar surface area (TPSA) is 85.2 Å². The lowest BCUT2D eigenvalue weighted by atomic mass is 10.2. The van der Waals surface area contributed by atoms with Crippen LogP contribution in [-0.2, 0) is 32.4 Å². The number of thioether (sulfide) groups is 1. The van der Waals surface area contributed by atoms with E-state index < -0.39 is 0 Å². The zero-order valence-electron chi connectivity index (χ0n) is 13.5. The first-order valence-electron chi connectivity index (χ1n) is 8.56. The third kappa shape index (κ3) is 3.44. The average Bonchev–Trinajstić information content (AvgIpc) is 2.97. The second-order valence-electron chi connectivity index (χ2n) is 6.63. The molecule has 8 heteroatoms. The van der Waals surface area contributed by atoms with Crippen molar-refractivity contribution < 1.29 is 14.3 Å². The van der Waals surface area contributed by atoms with Gasteiger partial charge in [0.25, 0.3) is 0 Å². The van der Waals surface area contributed by atoms with Crippen LogP contribution in [-0.4, -0.2) is 40.9 Å². The predicted octanol–water partition coefficient (Wildman–Crippen LogP) is 1.27. The summed E-state index contributed by atoms with van der Waals surface area (Å²) in [5.74, 6) is 2.47. The fourth-order valence-electron chi connectivity index (χ4n) is 3.11. The molecule has 3 heterocycles. The lowest BCUT2D eigenvalue weighted by Crippen LogP contribution is -2.34. The van der Waals surface area contributed by atoms with E-state index in [-0.39, 0.29) is 30.4 Å². The van der Waals surface area contributed by atoms with Gasteiger partial charge >= 0.3 is 0 Å². The van der Waals surface area contributed by atoms with E-state index in [1.54, 1.807) is 16.4 Å². The van der Waals surface area contributed by atoms with Gasteiger partial charge in [-0.25, -0.2) is 4.68 Å². The highest BCUT2D eigenvalue weighted by Crippen LogP contribution is 2.36. The van der Waals surface area contributed by atoms with E-state index in [1.807, 2.05) is 0 Å². The van der Waals surface area contributed by atoms with Gasteiger partial charge in [-0.15, -0.1) is 0 Å². The summed E-state index contributed by atoms with van der Waals surface area (Å²) < 4.78 is 7.16. The molecule has 2 amide bonds. The van der Waals surface area contributed by atoms with E-state index in [0.717, 1.165) is 55.1 Å². The lowest BCUT2D eigenvalue weighted by molar-refractivity contribution is -0.122. The van der Waals surface area contributed by atoms with Crippen molar-refractivity contribution in [2.75, 3.05) is 18.5 Å². The summed E-state index contributed by atoms with van der Waals surface area (Å²) in [5.41, 5.74) is 2.05. The standard InChI is InChI=1S/C16H22N4O3S/c21-14(17-6-11-2-1-5-23-11)7-20-15(18-16(22)10-3-4-10)12-8-24-9-13(12)19-20/h10-11H,1-9H2,(H,17,21)(H,18,22). The lowest BCUT2D eigenvalue weighted by Gasteiger charge is -2.13. The fraction of sp³-hybridized carbons (Fsp3) is 0.688. The van der Waals surface area contributed by atoms with E-state index in [4.69, 9.17) is 4.74 Å². The monoisotopic (exact) mass is 350 g/mol. The molecule has 7 nitrogen and oxygen atoms in total. The van der Waals surface area contributed by atoms with Gasteiger partial charge in [0.05, 0.1) is 11.8 Å². The van der Waals surface area contributed by atoms with E-state index in [2.05, 4.69) is 15.7 Å². The molecule has 0 aromatic carbocycles. The Morgan fingerprint density at radius 1 is 1.29 bits per heavy atom. The van der Waals surface area contributed by atoms with Crippen LogP contribution < -0.4 is 10.6 Å². The fourth-order valence-corrected chi connectivity index (χ4v) is 4.14. The number of aromatic nitrogens is 2. The summed E-state index contributed by atoms with van der Waals surface area (Å²) in [5, 5.41) is 10.4. The van der Waals surface area contributed by atoms with E-state index in [1.165, 1.54) is 0 Å². The zero-order chi connectivity index (χ0) is 16.5. The molecule has 4 rings (SSSR count). The maximum absolute atomic E-state index is 12.2. The maximum atomic E-state index is 12.2. The Bertz CT molecular complexity index is 650. The van der Waals surface area contributed by atoms with Crippen LogP contribution in [0.15, 0.2) is 0 Å². The highest BCUT2D eigenvalue weighted by Gasteiger charge is 2.32. The molecular weight excluding hydrogens is 328 g/mol. The Morgan fingerprint density at radius 2 is 2.17 bits per heavy atom. The normalized spacial score (nSPS) is 22.4. The second-order valence-corrected chi connectivity index (χ2v) is 7.61. The number of carbonyl (C=O) groups is 2. The third-order valence-corrected chi connectivity index (χ3v) is 5.62. The van der Waals surface area contributed by atoms with E-state index >= 15 is 0 Å². The summed E-state index contributed by atoms with van der Waals surface area (Å²) in [6.07, 6.45) is 4.09. The van der Waals surface area contributed by atoms with E-state index in [0.29, 0.717) is 12.4 Å². The number of ether oxygens (including phenoxy) is 1. The van der Waals surface area contributed by atoms with Gasteiger partial charge < -0.3 is 15.4 Å². The minimum atomic E-state index is -0.0961. The number of carbonyl (C=O) groups excluding carboxylic acids is 2. The largest absolute Gasteiger partial charge is 0.376 e. The Hall–Kier alpha value is -1.54. The Balaban J connectivity index is 1.41. The van der Waals surface area contributed by atoms with Gasteiger partial charge in [0, 0.05) is 36.1 Å². The zero-order valence-corrected chi connectivity index (χ0v) is 14.4. The van der Waals surface area contributed by atoms with Crippen LogP contribution in [0.2, 0.25) is 0 Å². The molecule has 0 spiro atoms. The van der Waals surface area contributed by atoms with Crippen molar-refractivity contribution in [1.82, 2.24) is 15.1 Å². The Labute approximate surface area is 144 Å². The van der Waals surface area contributed by atoms with Crippen LogP contribution in [0.5, 0.6) is 0 Å². The molecule has 0 radical (unpaired) electrons. The number of hydrogen-bond acceptors (Lipinski definition) is 5. The van der Waals surface area contributed by atoms with Gasteiger partial charge in [-0.05, 0) is 25.7 Å². The number of rotatable bonds is 6. The molecule has 1 saturated carbocycles. The third-order valence-electron chi connectivity index (χ3n) is 4.65. The van der Waals surface area contributed by atoms with Crippen LogP contribution in [0, 0.1) is 5.92 Å². The van der Waals surface area contributed by atoms with Gasteiger partial charge in [-0.3, -0.25) is 9.59 Å². The molecule has 1 unspecified atom stereocenters. The van der Waals surface area contributed by atoms with Crippen molar-refractivity contribution >= 4 is 29.4 Å². The highest BCUT2D eigenvalue weighted by atomic mass is 32.2. The average molecular weight is 350 g/mol. The molecular formula is C16H22N4O3S. The molecule has 130 valence electrons. The molecule has 1 aromatic rings. The number of anilines is 1. The van der Waals surface area contributed by atoms with Gasteiger partial charge in [0.2, 0.25) is 11.8 Å². The predicted molar refractivity (Wildman–Crippen MR) is 90.6 cm³/mol. The first-order chi connectivity index (χ1) is 11.7. The summed E-state index contributed by atoms with van der Waals surface area (Å²) in [6.45, 7) is 1.45. The van der Waals surface area contributed by atoms with Crippen molar-refractivity contribution in [1.29, 1.82) is 0 Å². The molecule has 2 N–H and O–H groups in total. The number of nitrogens with zero attached hydrogens (tertiary/aromatic N) is 2. The van der Waals surface area contributed by atoms with Crippen LogP contribution in [0.3, 0.4) is 0 Å². The molecule has 1 aromatic heterocycles. The number of nitrogens with one attached hydrogen (secondary N) is 2. The van der Waals surface area contributed by atoms with Crippen molar-refractivity contribution in [3.8, 4) is 0 Å². The maximum Gasteiger partial charge on any atom is 0.241 e. The first-order valence-corrected chi connectivity index (χ1v) is 9.71. The molecule has 2 fully saturated rings. The minimum Gasteiger partial charge on any atom is -0.376 e. The van der Waals surface area contributed by atoms with Crippen LogP contribution in [0.25, 0.3) is 0 Å². The van der Waals surface area contributed by atoms with Crippen molar-refractivity contribution in [2.24, 2.45) is 5.92 Å². The van der Waals surface area contributed by atoms with Crippen molar-refractivity contribution in [3.63, 3.8) is 0 Å². The van der Waals surface area contributed by atoms with Crippen molar-refractivity contribution in [3.05, 3.63) is 11.3 Å². The number of fused-ring (bicyclic) bond motifs is 1. The molecule has 0 bridgehead atoms. The first kappa shape index (κ1) is 16.0. The minimum absolute atomic E-state index is 0.0515. The Kier molecular flexibility index (Phi) is 4.49. The smallest absolute Gasteiger partial charge is 0.241 e. The highest BCUT2D eigenvalue weighted by molar-refractivity contribution is 7.98. The molecule has 1 aliphatic carbocycles. The Morgan fingerprint density at radius 3 is 2.92 bits per heavy atom. The molecule has 1 atom stereocenters. The van der Waals surface area contributed by atoms with Gasteiger partial charge in [-0.2, -0.15) is 16.9 Å². The van der Waals surface area contributed by atoms with Gasteiger partial charge in [0.15, 0.2) is 0 Å². The van der Waals surface area contributed by atoms with Crippen LogP contribution in [0.1, 0.15) is 36.9 Å².